The highest BCUT2D eigenvalue weighted by molar-refractivity contribution is 5.87. The van der Waals surface area contributed by atoms with E-state index in [4.69, 9.17) is 9.94 Å². The summed E-state index contributed by atoms with van der Waals surface area (Å²) >= 11 is 0. The van der Waals surface area contributed by atoms with Gasteiger partial charge in [0.1, 0.15) is 28.6 Å². The molecule has 130 valence electrons. The fourth-order valence-electron chi connectivity index (χ4n) is 2.89. The Bertz CT molecular complexity index is 877. The molecule has 0 saturated carbocycles. The molecule has 2 aromatic rings. The first kappa shape index (κ1) is 16.6. The SMILES string of the molecule is O=C(CC1(O)C(c2ccccc2O)=COc2cc(O)cc(O)c21)NO. The third-order valence-corrected chi connectivity index (χ3v) is 3.96. The number of fused-ring (bicyclic) bond motifs is 1. The molecule has 0 bridgehead atoms. The van der Waals surface area contributed by atoms with Crippen LogP contribution in [0.4, 0.5) is 0 Å². The molecule has 0 spiro atoms. The van der Waals surface area contributed by atoms with Crippen molar-refractivity contribution in [3.63, 3.8) is 0 Å². The fourth-order valence-corrected chi connectivity index (χ4v) is 2.89. The molecule has 2 aromatic carbocycles. The highest BCUT2D eigenvalue weighted by Crippen LogP contribution is 2.52. The van der Waals surface area contributed by atoms with Crippen molar-refractivity contribution < 1.29 is 35.2 Å². The van der Waals surface area contributed by atoms with E-state index in [9.17, 15) is 25.2 Å². The van der Waals surface area contributed by atoms with Crippen LogP contribution in [-0.4, -0.2) is 31.5 Å². The average molecular weight is 345 g/mol. The number of rotatable bonds is 3. The quantitative estimate of drug-likeness (QED) is 0.364. The molecule has 0 radical (unpaired) electrons. The number of carbonyl (C=O) groups is 1. The normalized spacial score (nSPS) is 18.7. The van der Waals surface area contributed by atoms with E-state index in [1.807, 2.05) is 0 Å². The van der Waals surface area contributed by atoms with E-state index in [-0.39, 0.29) is 33.9 Å². The van der Waals surface area contributed by atoms with Gasteiger partial charge in [-0.15, -0.1) is 0 Å². The zero-order valence-electron chi connectivity index (χ0n) is 12.8. The smallest absolute Gasteiger partial charge is 0.246 e. The Morgan fingerprint density at radius 2 is 1.84 bits per heavy atom. The molecule has 1 aliphatic rings. The number of aromatic hydroxyl groups is 3. The summed E-state index contributed by atoms with van der Waals surface area (Å²) in [6, 6.07) is 8.21. The number of phenols is 3. The van der Waals surface area contributed by atoms with Gasteiger partial charge >= 0.3 is 0 Å². The van der Waals surface area contributed by atoms with Gasteiger partial charge in [-0.2, -0.15) is 0 Å². The van der Waals surface area contributed by atoms with Crippen LogP contribution in [-0.2, 0) is 10.4 Å². The predicted octanol–water partition coefficient (Wildman–Crippen LogP) is 1.32. The maximum absolute atomic E-state index is 11.8. The molecule has 0 aliphatic carbocycles. The Morgan fingerprint density at radius 3 is 2.52 bits per heavy atom. The van der Waals surface area contributed by atoms with Gasteiger partial charge in [0, 0.05) is 23.3 Å². The lowest BCUT2D eigenvalue weighted by Gasteiger charge is -2.35. The second-order valence-electron chi connectivity index (χ2n) is 5.58. The van der Waals surface area contributed by atoms with Crippen LogP contribution in [0.2, 0.25) is 0 Å². The number of hydroxylamine groups is 1. The Kier molecular flexibility index (Phi) is 3.99. The average Bonchev–Trinajstić information content (AvgIpc) is 2.55. The second kappa shape index (κ2) is 6.00. The summed E-state index contributed by atoms with van der Waals surface area (Å²) in [4.78, 5) is 11.8. The van der Waals surface area contributed by atoms with E-state index < -0.39 is 23.7 Å². The minimum Gasteiger partial charge on any atom is -0.508 e. The van der Waals surface area contributed by atoms with Crippen molar-refractivity contribution in [3.8, 4) is 23.0 Å². The first-order valence-electron chi connectivity index (χ1n) is 7.24. The van der Waals surface area contributed by atoms with E-state index >= 15 is 0 Å². The Balaban J connectivity index is 2.24. The van der Waals surface area contributed by atoms with Crippen molar-refractivity contribution in [1.29, 1.82) is 0 Å². The summed E-state index contributed by atoms with van der Waals surface area (Å²) in [5, 5.41) is 50.0. The van der Waals surface area contributed by atoms with Crippen LogP contribution in [0.1, 0.15) is 17.5 Å². The van der Waals surface area contributed by atoms with E-state index in [0.29, 0.717) is 0 Å². The third kappa shape index (κ3) is 2.73. The van der Waals surface area contributed by atoms with Gasteiger partial charge in [0.15, 0.2) is 0 Å². The highest BCUT2D eigenvalue weighted by atomic mass is 16.5. The monoisotopic (exact) mass is 345 g/mol. The Labute approximate surface area is 141 Å². The van der Waals surface area contributed by atoms with Crippen LogP contribution in [0.3, 0.4) is 0 Å². The number of ether oxygens (including phenoxy) is 1. The van der Waals surface area contributed by atoms with Crippen LogP contribution in [0, 0.1) is 0 Å². The van der Waals surface area contributed by atoms with E-state index in [1.54, 1.807) is 12.1 Å². The number of benzene rings is 2. The van der Waals surface area contributed by atoms with E-state index in [2.05, 4.69) is 0 Å². The number of phenolic OH excluding ortho intramolecular Hbond substituents is 3. The summed E-state index contributed by atoms with van der Waals surface area (Å²) in [7, 11) is 0. The van der Waals surface area contributed by atoms with Gasteiger partial charge in [0.25, 0.3) is 0 Å². The molecule has 25 heavy (non-hydrogen) atoms. The topological polar surface area (TPSA) is 139 Å². The number of hydrogen-bond acceptors (Lipinski definition) is 7. The largest absolute Gasteiger partial charge is 0.508 e. The summed E-state index contributed by atoms with van der Waals surface area (Å²) < 4.78 is 5.37. The Morgan fingerprint density at radius 1 is 1.12 bits per heavy atom. The van der Waals surface area contributed by atoms with Crippen LogP contribution in [0.25, 0.3) is 5.57 Å². The molecular formula is C17H15NO7. The van der Waals surface area contributed by atoms with E-state index in [0.717, 1.165) is 18.4 Å². The van der Waals surface area contributed by atoms with Crippen molar-refractivity contribution in [3.05, 3.63) is 53.8 Å². The molecule has 1 amide bonds. The van der Waals surface area contributed by atoms with Crippen molar-refractivity contribution in [1.82, 2.24) is 5.48 Å². The molecule has 0 aromatic heterocycles. The zero-order chi connectivity index (χ0) is 18.2. The van der Waals surface area contributed by atoms with Crippen molar-refractivity contribution >= 4 is 11.5 Å². The standard InChI is InChI=1S/C17H15NO7/c19-9-5-13(21)16-14(6-9)25-8-11(10-3-1-2-4-12(10)20)17(16,23)7-15(22)18-24/h1-6,8,19-21,23-24H,7H2,(H,18,22). The second-order valence-corrected chi connectivity index (χ2v) is 5.58. The number of carbonyl (C=O) groups excluding carboxylic acids is 1. The van der Waals surface area contributed by atoms with Gasteiger partial charge in [0.2, 0.25) is 5.91 Å². The van der Waals surface area contributed by atoms with Gasteiger partial charge in [0.05, 0.1) is 18.2 Å². The number of amides is 1. The lowest BCUT2D eigenvalue weighted by molar-refractivity contribution is -0.133. The number of para-hydroxylation sites is 1. The Hall–Kier alpha value is -3.23. The molecule has 1 unspecified atom stereocenters. The number of nitrogens with one attached hydrogen (secondary N) is 1. The summed E-state index contributed by atoms with van der Waals surface area (Å²) in [5.41, 5.74) is -0.697. The third-order valence-electron chi connectivity index (χ3n) is 3.96. The fraction of sp³-hybridized carbons (Fsp3) is 0.118. The first-order chi connectivity index (χ1) is 11.9. The maximum atomic E-state index is 11.8. The molecular weight excluding hydrogens is 330 g/mol. The lowest BCUT2D eigenvalue weighted by atomic mass is 9.78. The molecule has 0 fully saturated rings. The summed E-state index contributed by atoms with van der Waals surface area (Å²) in [6.45, 7) is 0. The first-order valence-corrected chi connectivity index (χ1v) is 7.24. The predicted molar refractivity (Wildman–Crippen MR) is 84.9 cm³/mol. The maximum Gasteiger partial charge on any atom is 0.246 e. The van der Waals surface area contributed by atoms with Gasteiger partial charge in [-0.3, -0.25) is 10.0 Å². The summed E-state index contributed by atoms with van der Waals surface area (Å²) in [6.07, 6.45) is 0.444. The van der Waals surface area contributed by atoms with Crippen LogP contribution in [0.15, 0.2) is 42.7 Å². The number of hydrogen-bond donors (Lipinski definition) is 6. The summed E-state index contributed by atoms with van der Waals surface area (Å²) in [5.74, 6) is -1.98. The van der Waals surface area contributed by atoms with Crippen molar-refractivity contribution in [2.45, 2.75) is 12.0 Å². The van der Waals surface area contributed by atoms with Gasteiger partial charge in [-0.05, 0) is 6.07 Å². The van der Waals surface area contributed by atoms with Crippen LogP contribution >= 0.6 is 0 Å². The van der Waals surface area contributed by atoms with Crippen molar-refractivity contribution in [2.24, 2.45) is 0 Å². The molecule has 1 aliphatic heterocycles. The molecule has 1 heterocycles. The molecule has 6 N–H and O–H groups in total. The zero-order valence-corrected chi connectivity index (χ0v) is 12.8. The number of aliphatic hydroxyl groups is 1. The van der Waals surface area contributed by atoms with Gasteiger partial charge in [-0.1, -0.05) is 18.2 Å². The molecule has 8 heteroatoms. The lowest BCUT2D eigenvalue weighted by Crippen LogP contribution is -2.37. The van der Waals surface area contributed by atoms with Crippen molar-refractivity contribution in [2.75, 3.05) is 0 Å². The molecule has 1 atom stereocenters. The van der Waals surface area contributed by atoms with Gasteiger partial charge < -0.3 is 25.2 Å². The molecule has 0 saturated heterocycles. The molecule has 8 nitrogen and oxygen atoms in total. The van der Waals surface area contributed by atoms with Gasteiger partial charge in [-0.25, -0.2) is 5.48 Å². The minimum absolute atomic E-state index is 0.00249. The minimum atomic E-state index is -2.13. The molecule has 3 rings (SSSR count). The van der Waals surface area contributed by atoms with Crippen LogP contribution < -0.4 is 10.2 Å². The van der Waals surface area contributed by atoms with E-state index in [1.165, 1.54) is 17.6 Å². The highest BCUT2D eigenvalue weighted by Gasteiger charge is 2.45. The van der Waals surface area contributed by atoms with Crippen LogP contribution in [0.5, 0.6) is 23.0 Å².